The molecule has 0 aromatic heterocycles. The van der Waals surface area contributed by atoms with Gasteiger partial charge in [0.05, 0.1) is 5.56 Å². The highest BCUT2D eigenvalue weighted by Gasteiger charge is 2.33. The monoisotopic (exact) mass is 190 g/mol. The maximum atomic E-state index is 12.1. The van der Waals surface area contributed by atoms with Crippen molar-refractivity contribution in [3.8, 4) is 5.75 Å². The third kappa shape index (κ3) is 1.99. The molecule has 0 fully saturated rings. The van der Waals surface area contributed by atoms with Gasteiger partial charge in [-0.2, -0.15) is 13.2 Å². The van der Waals surface area contributed by atoms with Gasteiger partial charge in [-0.3, -0.25) is 4.79 Å². The maximum Gasteiger partial charge on any atom is 0.417 e. The maximum absolute atomic E-state index is 12.1. The first kappa shape index (κ1) is 9.57. The van der Waals surface area contributed by atoms with Crippen molar-refractivity contribution in [1.82, 2.24) is 0 Å². The van der Waals surface area contributed by atoms with Gasteiger partial charge in [-0.05, 0) is 18.2 Å². The summed E-state index contributed by atoms with van der Waals surface area (Å²) < 4.78 is 36.4. The lowest BCUT2D eigenvalue weighted by molar-refractivity contribution is -0.137. The third-order valence-corrected chi connectivity index (χ3v) is 1.47. The van der Waals surface area contributed by atoms with Crippen LogP contribution in [0.4, 0.5) is 13.2 Å². The van der Waals surface area contributed by atoms with Crippen molar-refractivity contribution in [3.63, 3.8) is 0 Å². The largest absolute Gasteiger partial charge is 0.508 e. The van der Waals surface area contributed by atoms with E-state index >= 15 is 0 Å². The topological polar surface area (TPSA) is 37.3 Å². The van der Waals surface area contributed by atoms with E-state index in [2.05, 4.69) is 0 Å². The van der Waals surface area contributed by atoms with Crippen molar-refractivity contribution in [2.24, 2.45) is 0 Å². The SMILES string of the molecule is O=Cc1ccc(O)cc1C(F)(F)F. The normalized spacial score (nSPS) is 11.3. The van der Waals surface area contributed by atoms with E-state index in [9.17, 15) is 18.0 Å². The first-order valence-corrected chi connectivity index (χ1v) is 3.30. The number of rotatable bonds is 1. The second kappa shape index (κ2) is 3.08. The summed E-state index contributed by atoms with van der Waals surface area (Å²) in [6.07, 6.45) is -4.52. The van der Waals surface area contributed by atoms with Crippen LogP contribution in [-0.4, -0.2) is 11.4 Å². The molecule has 1 aromatic rings. The number of phenolic OH excluding ortho intramolecular Hbond substituents is 1. The highest BCUT2D eigenvalue weighted by atomic mass is 19.4. The van der Waals surface area contributed by atoms with Gasteiger partial charge in [0.25, 0.3) is 0 Å². The first-order chi connectivity index (χ1) is 5.95. The summed E-state index contributed by atoms with van der Waals surface area (Å²) in [5.74, 6) is -0.516. The zero-order valence-corrected chi connectivity index (χ0v) is 6.30. The van der Waals surface area contributed by atoms with Crippen molar-refractivity contribution in [1.29, 1.82) is 0 Å². The Morgan fingerprint density at radius 1 is 1.31 bits per heavy atom. The molecule has 1 N–H and O–H groups in total. The predicted molar refractivity (Wildman–Crippen MR) is 38.5 cm³/mol. The van der Waals surface area contributed by atoms with Gasteiger partial charge < -0.3 is 5.11 Å². The fraction of sp³-hybridized carbons (Fsp3) is 0.125. The van der Waals surface area contributed by atoms with E-state index in [4.69, 9.17) is 5.11 Å². The van der Waals surface area contributed by atoms with Crippen molar-refractivity contribution in [2.45, 2.75) is 6.18 Å². The minimum Gasteiger partial charge on any atom is -0.508 e. The fourth-order valence-corrected chi connectivity index (χ4v) is 0.893. The summed E-state index contributed by atoms with van der Waals surface area (Å²) in [5, 5.41) is 8.78. The number of carbonyl (C=O) groups excluding carboxylic acids is 1. The summed E-state index contributed by atoms with van der Waals surface area (Å²) in [7, 11) is 0. The molecule has 0 spiro atoms. The van der Waals surface area contributed by atoms with Gasteiger partial charge in [-0.1, -0.05) is 0 Å². The van der Waals surface area contributed by atoms with Gasteiger partial charge in [0.1, 0.15) is 5.75 Å². The molecule has 0 bridgehead atoms. The van der Waals surface area contributed by atoms with Crippen LogP contribution in [0.25, 0.3) is 0 Å². The molecular formula is C8H5F3O2. The van der Waals surface area contributed by atoms with Gasteiger partial charge in [0, 0.05) is 5.56 Å². The fourth-order valence-electron chi connectivity index (χ4n) is 0.893. The number of alkyl halides is 3. The molecule has 5 heteroatoms. The number of benzene rings is 1. The lowest BCUT2D eigenvalue weighted by Gasteiger charge is -2.08. The zero-order valence-electron chi connectivity index (χ0n) is 6.30. The Balaban J connectivity index is 3.32. The van der Waals surface area contributed by atoms with E-state index in [-0.39, 0.29) is 6.29 Å². The quantitative estimate of drug-likeness (QED) is 0.689. The third-order valence-electron chi connectivity index (χ3n) is 1.47. The number of hydrogen-bond acceptors (Lipinski definition) is 2. The van der Waals surface area contributed by atoms with Crippen LogP contribution in [0.3, 0.4) is 0 Å². The van der Waals surface area contributed by atoms with E-state index in [1.165, 1.54) is 0 Å². The minimum atomic E-state index is -4.62. The first-order valence-electron chi connectivity index (χ1n) is 3.30. The van der Waals surface area contributed by atoms with Crippen LogP contribution in [0.2, 0.25) is 0 Å². The molecular weight excluding hydrogens is 185 g/mol. The molecule has 13 heavy (non-hydrogen) atoms. The van der Waals surface area contributed by atoms with Gasteiger partial charge >= 0.3 is 6.18 Å². The van der Waals surface area contributed by atoms with Crippen LogP contribution in [0.1, 0.15) is 15.9 Å². The summed E-state index contributed by atoms with van der Waals surface area (Å²) in [4.78, 5) is 10.2. The van der Waals surface area contributed by atoms with E-state index < -0.39 is 23.1 Å². The Morgan fingerprint density at radius 3 is 2.38 bits per heavy atom. The molecule has 0 aliphatic carbocycles. The molecule has 2 nitrogen and oxygen atoms in total. The van der Waals surface area contributed by atoms with E-state index in [1.807, 2.05) is 0 Å². The molecule has 0 aliphatic heterocycles. The molecule has 0 amide bonds. The molecule has 0 heterocycles. The molecule has 70 valence electrons. The van der Waals surface area contributed by atoms with Crippen molar-refractivity contribution in [2.75, 3.05) is 0 Å². The van der Waals surface area contributed by atoms with Gasteiger partial charge in [0.2, 0.25) is 0 Å². The Hall–Kier alpha value is -1.52. The molecule has 0 atom stereocenters. The van der Waals surface area contributed by atoms with Crippen LogP contribution in [0.15, 0.2) is 18.2 Å². The molecule has 0 saturated carbocycles. The average Bonchev–Trinajstić information content (AvgIpc) is 2.03. The van der Waals surface area contributed by atoms with Crippen molar-refractivity contribution in [3.05, 3.63) is 29.3 Å². The average molecular weight is 190 g/mol. The number of aromatic hydroxyl groups is 1. The minimum absolute atomic E-state index is 0.0995. The van der Waals surface area contributed by atoms with E-state index in [0.29, 0.717) is 6.07 Å². The second-order valence-electron chi connectivity index (χ2n) is 2.39. The number of halogens is 3. The van der Waals surface area contributed by atoms with Gasteiger partial charge in [-0.15, -0.1) is 0 Å². The van der Waals surface area contributed by atoms with E-state index in [1.54, 1.807) is 0 Å². The van der Waals surface area contributed by atoms with Crippen LogP contribution < -0.4 is 0 Å². The number of carbonyl (C=O) groups is 1. The van der Waals surface area contributed by atoms with E-state index in [0.717, 1.165) is 12.1 Å². The summed E-state index contributed by atoms with van der Waals surface area (Å²) >= 11 is 0. The number of phenols is 1. The molecule has 0 aliphatic rings. The highest BCUT2D eigenvalue weighted by Crippen LogP contribution is 2.33. The summed E-state index contributed by atoms with van der Waals surface area (Å²) in [5.41, 5.74) is -1.60. The molecule has 0 unspecified atom stereocenters. The number of hydrogen-bond donors (Lipinski definition) is 1. The Kier molecular flexibility index (Phi) is 2.27. The lowest BCUT2D eigenvalue weighted by Crippen LogP contribution is -2.08. The molecule has 1 rings (SSSR count). The smallest absolute Gasteiger partial charge is 0.417 e. The zero-order chi connectivity index (χ0) is 10.1. The Labute approximate surface area is 71.6 Å². The standard InChI is InChI=1S/C8H5F3O2/c9-8(10,11)7-3-6(13)2-1-5(7)4-12/h1-4,13H. The summed E-state index contributed by atoms with van der Waals surface area (Å²) in [6, 6.07) is 2.47. The molecule has 1 aromatic carbocycles. The molecule has 0 saturated heterocycles. The predicted octanol–water partition coefficient (Wildman–Crippen LogP) is 2.22. The van der Waals surface area contributed by atoms with Crippen LogP contribution in [0, 0.1) is 0 Å². The van der Waals surface area contributed by atoms with Crippen molar-refractivity contribution < 1.29 is 23.1 Å². The van der Waals surface area contributed by atoms with Crippen LogP contribution in [0.5, 0.6) is 5.75 Å². The van der Waals surface area contributed by atoms with Crippen LogP contribution >= 0.6 is 0 Å². The van der Waals surface area contributed by atoms with Crippen LogP contribution in [-0.2, 0) is 6.18 Å². The van der Waals surface area contributed by atoms with Gasteiger partial charge in [0.15, 0.2) is 6.29 Å². The second-order valence-corrected chi connectivity index (χ2v) is 2.39. The number of aldehydes is 1. The van der Waals surface area contributed by atoms with Gasteiger partial charge in [-0.25, -0.2) is 0 Å². The lowest BCUT2D eigenvalue weighted by atomic mass is 10.1. The highest BCUT2D eigenvalue weighted by molar-refractivity contribution is 5.78. The Morgan fingerprint density at radius 2 is 1.92 bits per heavy atom. The Bertz CT molecular complexity index is 331. The summed E-state index contributed by atoms with van der Waals surface area (Å²) in [6.45, 7) is 0. The van der Waals surface area contributed by atoms with Crippen molar-refractivity contribution >= 4 is 6.29 Å². The molecule has 0 radical (unpaired) electrons.